The summed E-state index contributed by atoms with van der Waals surface area (Å²) in [5.41, 5.74) is -0.280. The molecule has 0 spiro atoms. The first-order chi connectivity index (χ1) is 5.63. The fourth-order valence-electron chi connectivity index (χ4n) is 0.760. The van der Waals surface area contributed by atoms with E-state index in [0.717, 1.165) is 12.3 Å². The van der Waals surface area contributed by atoms with Crippen LogP contribution in [0, 0.1) is 0 Å². The number of alkyl halides is 2. The molecule has 12 heavy (non-hydrogen) atoms. The summed E-state index contributed by atoms with van der Waals surface area (Å²) in [7, 11) is 0. The van der Waals surface area contributed by atoms with E-state index in [-0.39, 0.29) is 11.1 Å². The lowest BCUT2D eigenvalue weighted by Crippen LogP contribution is -1.97. The van der Waals surface area contributed by atoms with Crippen LogP contribution in [0.4, 0.5) is 8.78 Å². The minimum Gasteiger partial charge on any atom is -0.282 e. The number of pyridine rings is 1. The van der Waals surface area contributed by atoms with Gasteiger partial charge in [-0.3, -0.25) is 9.78 Å². The summed E-state index contributed by atoms with van der Waals surface area (Å²) in [4.78, 5) is 14.4. The molecule has 0 saturated heterocycles. The fraction of sp³-hybridized carbons (Fsp3) is 0.143. The molecule has 1 rings (SSSR count). The molecule has 0 saturated carbocycles. The molecule has 0 aliphatic carbocycles. The van der Waals surface area contributed by atoms with Crippen LogP contribution in [-0.2, 0) is 0 Å². The van der Waals surface area contributed by atoms with Crippen LogP contribution in [0.1, 0.15) is 22.3 Å². The van der Waals surface area contributed by atoms with Crippen molar-refractivity contribution in [2.75, 3.05) is 0 Å². The van der Waals surface area contributed by atoms with Crippen molar-refractivity contribution in [1.82, 2.24) is 4.98 Å². The largest absolute Gasteiger partial charge is 0.282 e. The van der Waals surface area contributed by atoms with Crippen LogP contribution in [0.5, 0.6) is 0 Å². The van der Waals surface area contributed by atoms with E-state index in [1.165, 1.54) is 28.8 Å². The lowest BCUT2D eigenvalue weighted by atomic mass is 10.2. The Morgan fingerprint density at radius 1 is 1.58 bits per heavy atom. The van der Waals surface area contributed by atoms with E-state index in [9.17, 15) is 13.6 Å². The highest BCUT2D eigenvalue weighted by atomic mass is 127. The van der Waals surface area contributed by atoms with E-state index in [1.54, 1.807) is 0 Å². The van der Waals surface area contributed by atoms with E-state index in [0.29, 0.717) is 0 Å². The molecule has 0 radical (unpaired) electrons. The zero-order valence-corrected chi connectivity index (χ0v) is 7.96. The van der Waals surface area contributed by atoms with E-state index in [4.69, 9.17) is 0 Å². The molecule has 2 nitrogen and oxygen atoms in total. The van der Waals surface area contributed by atoms with Gasteiger partial charge in [0.1, 0.15) is 0 Å². The second kappa shape index (κ2) is 3.88. The maximum atomic E-state index is 12.2. The van der Waals surface area contributed by atoms with Gasteiger partial charge in [0.15, 0.2) is 0 Å². The number of carbonyl (C=O) groups is 1. The van der Waals surface area contributed by atoms with Gasteiger partial charge in [-0.05, 0) is 6.07 Å². The Morgan fingerprint density at radius 3 is 2.67 bits per heavy atom. The van der Waals surface area contributed by atoms with Gasteiger partial charge < -0.3 is 0 Å². The predicted octanol–water partition coefficient (Wildman–Crippen LogP) is 2.59. The Hall–Kier alpha value is -0.590. The molecule has 0 bridgehead atoms. The molecule has 1 aromatic heterocycles. The minimum atomic E-state index is -2.62. The maximum Gasteiger partial charge on any atom is 0.264 e. The van der Waals surface area contributed by atoms with Gasteiger partial charge >= 0.3 is 0 Å². The first kappa shape index (κ1) is 9.50. The van der Waals surface area contributed by atoms with E-state index < -0.39 is 10.2 Å². The van der Waals surface area contributed by atoms with Crippen molar-refractivity contribution in [3.63, 3.8) is 0 Å². The smallest absolute Gasteiger partial charge is 0.264 e. The highest BCUT2D eigenvalue weighted by Gasteiger charge is 2.15. The molecule has 0 amide bonds. The number of aromatic nitrogens is 1. The first-order valence-corrected chi connectivity index (χ1v) is 4.12. The molecule has 64 valence electrons. The summed E-state index contributed by atoms with van der Waals surface area (Å²) < 4.78 is 24.0. The number of nitrogens with zero attached hydrogens (tertiary/aromatic N) is 1. The van der Waals surface area contributed by atoms with Crippen molar-refractivity contribution >= 4 is 26.4 Å². The third kappa shape index (κ3) is 1.96. The standard InChI is InChI=1S/C7H4F2INO/c8-6(9)4-1-2-11-3-5(4)7(10)12/h1-3,6H. The van der Waals surface area contributed by atoms with Gasteiger partial charge in [0, 0.05) is 40.5 Å². The van der Waals surface area contributed by atoms with E-state index in [1.807, 2.05) is 0 Å². The van der Waals surface area contributed by atoms with Crippen molar-refractivity contribution in [3.8, 4) is 0 Å². The SMILES string of the molecule is O=C(I)c1cnccc1C(F)F. The molecule has 5 heteroatoms. The van der Waals surface area contributed by atoms with E-state index >= 15 is 0 Å². The number of carbonyl (C=O) groups excluding carboxylic acids is 1. The third-order valence-corrected chi connectivity index (χ3v) is 1.88. The van der Waals surface area contributed by atoms with Crippen molar-refractivity contribution in [1.29, 1.82) is 0 Å². The van der Waals surface area contributed by atoms with Crippen molar-refractivity contribution in [2.45, 2.75) is 6.43 Å². The molecule has 0 aliphatic rings. The summed E-state index contributed by atoms with van der Waals surface area (Å²) in [5, 5.41) is 0. The summed E-state index contributed by atoms with van der Waals surface area (Å²) in [5.74, 6) is 0. The fourth-order valence-corrected chi connectivity index (χ4v) is 1.21. The Kier molecular flexibility index (Phi) is 3.07. The summed E-state index contributed by atoms with van der Waals surface area (Å²) in [6.07, 6.45) is -0.234. The van der Waals surface area contributed by atoms with Crippen LogP contribution in [-0.4, -0.2) is 8.77 Å². The Bertz CT molecular complexity index is 303. The molecule has 0 fully saturated rings. The van der Waals surface area contributed by atoms with Gasteiger partial charge in [-0.1, -0.05) is 0 Å². The highest BCUT2D eigenvalue weighted by molar-refractivity contribution is 14.1. The lowest BCUT2D eigenvalue weighted by molar-refractivity contribution is 0.109. The second-order valence-corrected chi connectivity index (χ2v) is 3.02. The molecule has 1 heterocycles. The predicted molar refractivity (Wildman–Crippen MR) is 47.5 cm³/mol. The maximum absolute atomic E-state index is 12.2. The van der Waals surface area contributed by atoms with E-state index in [2.05, 4.69) is 4.98 Å². The van der Waals surface area contributed by atoms with Crippen LogP contribution >= 0.6 is 22.6 Å². The van der Waals surface area contributed by atoms with Crippen LogP contribution in [0.15, 0.2) is 18.5 Å². The van der Waals surface area contributed by atoms with Gasteiger partial charge in [0.25, 0.3) is 6.43 Å². The Morgan fingerprint density at radius 2 is 2.25 bits per heavy atom. The van der Waals surface area contributed by atoms with Crippen molar-refractivity contribution < 1.29 is 13.6 Å². The quantitative estimate of drug-likeness (QED) is 0.617. The number of rotatable bonds is 2. The minimum absolute atomic E-state index is 0.0203. The van der Waals surface area contributed by atoms with Crippen LogP contribution in [0.25, 0.3) is 0 Å². The third-order valence-electron chi connectivity index (χ3n) is 1.30. The molecule has 0 atom stereocenters. The Labute approximate surface area is 81.1 Å². The number of halogens is 3. The normalized spacial score (nSPS) is 10.3. The summed E-state index contributed by atoms with van der Waals surface area (Å²) in [6.45, 7) is 0. The van der Waals surface area contributed by atoms with Gasteiger partial charge in [-0.2, -0.15) is 0 Å². The molecule has 0 aliphatic heterocycles. The average molecular weight is 283 g/mol. The topological polar surface area (TPSA) is 30.0 Å². The van der Waals surface area contributed by atoms with Crippen molar-refractivity contribution in [3.05, 3.63) is 29.6 Å². The molecular weight excluding hydrogens is 279 g/mol. The van der Waals surface area contributed by atoms with Gasteiger partial charge in [-0.15, -0.1) is 0 Å². The number of hydrogen-bond acceptors (Lipinski definition) is 2. The molecule has 1 aromatic rings. The molecule has 0 unspecified atom stereocenters. The highest BCUT2D eigenvalue weighted by Crippen LogP contribution is 2.23. The zero-order chi connectivity index (χ0) is 9.14. The average Bonchev–Trinajstić information content (AvgIpc) is 2.04. The second-order valence-electron chi connectivity index (χ2n) is 2.04. The van der Waals surface area contributed by atoms with Gasteiger partial charge in [0.05, 0.1) is 5.56 Å². The first-order valence-electron chi connectivity index (χ1n) is 3.05. The summed E-state index contributed by atoms with van der Waals surface area (Å²) in [6, 6.07) is 1.15. The summed E-state index contributed by atoms with van der Waals surface area (Å²) >= 11 is 1.46. The lowest BCUT2D eigenvalue weighted by Gasteiger charge is -2.02. The zero-order valence-electron chi connectivity index (χ0n) is 5.80. The Balaban J connectivity index is 3.17. The number of hydrogen-bond donors (Lipinski definition) is 0. The van der Waals surface area contributed by atoms with Gasteiger partial charge in [0.2, 0.25) is 3.79 Å². The monoisotopic (exact) mass is 283 g/mol. The molecule has 0 aromatic carbocycles. The van der Waals surface area contributed by atoms with Crippen LogP contribution in [0.3, 0.4) is 0 Å². The van der Waals surface area contributed by atoms with Crippen LogP contribution in [0.2, 0.25) is 0 Å². The molecule has 0 N–H and O–H groups in total. The van der Waals surface area contributed by atoms with Gasteiger partial charge in [-0.25, -0.2) is 8.78 Å². The van der Waals surface area contributed by atoms with Crippen molar-refractivity contribution in [2.24, 2.45) is 0 Å². The molecular formula is C7H4F2INO. The van der Waals surface area contributed by atoms with Crippen LogP contribution < -0.4 is 0 Å².